The highest BCUT2D eigenvalue weighted by molar-refractivity contribution is 7.99. The van der Waals surface area contributed by atoms with E-state index in [4.69, 9.17) is 4.42 Å². The normalized spacial score (nSPS) is 16.1. The van der Waals surface area contributed by atoms with Gasteiger partial charge in [0.1, 0.15) is 5.82 Å². The average Bonchev–Trinajstić information content (AvgIpc) is 3.02. The van der Waals surface area contributed by atoms with Crippen LogP contribution in [0.2, 0.25) is 0 Å². The van der Waals surface area contributed by atoms with Crippen molar-refractivity contribution in [1.29, 1.82) is 0 Å². The van der Waals surface area contributed by atoms with Gasteiger partial charge in [0.2, 0.25) is 5.89 Å². The molecule has 0 radical (unpaired) electrons. The van der Waals surface area contributed by atoms with E-state index in [2.05, 4.69) is 10.2 Å². The number of thioether (sulfide) groups is 1. The Labute approximate surface area is 115 Å². The Balaban J connectivity index is 1.64. The van der Waals surface area contributed by atoms with Gasteiger partial charge in [-0.2, -0.15) is 0 Å². The molecule has 0 spiro atoms. The van der Waals surface area contributed by atoms with E-state index in [0.717, 1.165) is 5.56 Å². The van der Waals surface area contributed by atoms with E-state index in [9.17, 15) is 4.39 Å². The molecule has 0 unspecified atom stereocenters. The molecule has 2 aromatic rings. The first-order valence-corrected chi connectivity index (χ1v) is 7.41. The molecule has 3 rings (SSSR count). The molecule has 5 heteroatoms. The van der Waals surface area contributed by atoms with Crippen molar-refractivity contribution in [2.24, 2.45) is 0 Å². The lowest BCUT2D eigenvalue weighted by Gasteiger charge is -2.02. The molecule has 1 aromatic heterocycles. The van der Waals surface area contributed by atoms with Gasteiger partial charge in [-0.15, -0.1) is 10.2 Å². The van der Waals surface area contributed by atoms with Crippen molar-refractivity contribution >= 4 is 11.8 Å². The second-order valence-electron chi connectivity index (χ2n) is 4.79. The van der Waals surface area contributed by atoms with Crippen LogP contribution in [0.5, 0.6) is 0 Å². The van der Waals surface area contributed by atoms with Crippen molar-refractivity contribution in [1.82, 2.24) is 10.2 Å². The summed E-state index contributed by atoms with van der Waals surface area (Å²) >= 11 is 1.67. The van der Waals surface area contributed by atoms with Crippen LogP contribution in [0.15, 0.2) is 33.9 Å². The summed E-state index contributed by atoms with van der Waals surface area (Å²) in [6.45, 7) is 0. The fourth-order valence-corrected chi connectivity index (χ4v) is 3.41. The molecule has 0 N–H and O–H groups in total. The fourth-order valence-electron chi connectivity index (χ4n) is 2.33. The molecule has 0 amide bonds. The quantitative estimate of drug-likeness (QED) is 0.852. The van der Waals surface area contributed by atoms with Crippen molar-refractivity contribution in [3.63, 3.8) is 0 Å². The maximum atomic E-state index is 13.1. The number of benzene rings is 1. The van der Waals surface area contributed by atoms with Crippen molar-refractivity contribution in [2.75, 3.05) is 0 Å². The zero-order valence-electron chi connectivity index (χ0n) is 10.5. The monoisotopic (exact) mass is 278 g/mol. The molecule has 19 heavy (non-hydrogen) atoms. The number of nitrogens with zero attached hydrogens (tertiary/aromatic N) is 2. The predicted molar refractivity (Wildman–Crippen MR) is 71.6 cm³/mol. The van der Waals surface area contributed by atoms with Crippen LogP contribution in [0, 0.1) is 5.82 Å². The van der Waals surface area contributed by atoms with Crippen LogP contribution in [0.1, 0.15) is 37.1 Å². The van der Waals surface area contributed by atoms with Crippen molar-refractivity contribution in [3.05, 3.63) is 41.5 Å². The highest BCUT2D eigenvalue weighted by Gasteiger charge is 2.19. The maximum absolute atomic E-state index is 13.1. The molecule has 1 aromatic carbocycles. The third-order valence-corrected chi connectivity index (χ3v) is 4.43. The van der Waals surface area contributed by atoms with Crippen LogP contribution >= 0.6 is 11.8 Å². The standard InChI is InChI=1S/C14H15FN2OS/c15-11-5-3-4-10(8-11)9-13-16-17-14(18-13)19-12-6-1-2-7-12/h3-5,8,12H,1-2,6-7,9H2. The van der Waals surface area contributed by atoms with Crippen LogP contribution in [0.4, 0.5) is 4.39 Å². The van der Waals surface area contributed by atoms with Gasteiger partial charge in [0, 0.05) is 5.25 Å². The van der Waals surface area contributed by atoms with Crippen LogP contribution in [-0.2, 0) is 6.42 Å². The summed E-state index contributed by atoms with van der Waals surface area (Å²) in [5.41, 5.74) is 0.848. The van der Waals surface area contributed by atoms with Gasteiger partial charge in [-0.1, -0.05) is 36.7 Å². The molecule has 100 valence electrons. The third-order valence-electron chi connectivity index (χ3n) is 3.26. The van der Waals surface area contributed by atoms with E-state index in [1.165, 1.54) is 37.8 Å². The van der Waals surface area contributed by atoms with E-state index < -0.39 is 0 Å². The molecule has 1 aliphatic carbocycles. The smallest absolute Gasteiger partial charge is 0.276 e. The van der Waals surface area contributed by atoms with Crippen LogP contribution < -0.4 is 0 Å². The van der Waals surface area contributed by atoms with Gasteiger partial charge < -0.3 is 4.42 Å². The molecule has 1 heterocycles. The molecule has 0 aliphatic heterocycles. The average molecular weight is 278 g/mol. The Bertz CT molecular complexity index is 552. The summed E-state index contributed by atoms with van der Waals surface area (Å²) in [5, 5.41) is 9.32. The summed E-state index contributed by atoms with van der Waals surface area (Å²) in [6, 6.07) is 6.47. The minimum atomic E-state index is -0.238. The van der Waals surface area contributed by atoms with E-state index in [1.807, 2.05) is 6.07 Å². The number of aromatic nitrogens is 2. The lowest BCUT2D eigenvalue weighted by Crippen LogP contribution is -1.92. The van der Waals surface area contributed by atoms with E-state index in [-0.39, 0.29) is 5.82 Å². The number of rotatable bonds is 4. The molecule has 1 fully saturated rings. The molecule has 3 nitrogen and oxygen atoms in total. The lowest BCUT2D eigenvalue weighted by molar-refractivity contribution is 0.419. The summed E-state index contributed by atoms with van der Waals surface area (Å²) in [5.74, 6) is 0.309. The first-order chi connectivity index (χ1) is 9.29. The Morgan fingerprint density at radius 2 is 2.11 bits per heavy atom. The van der Waals surface area contributed by atoms with Crippen LogP contribution in [0.3, 0.4) is 0 Å². The minimum Gasteiger partial charge on any atom is -0.416 e. The van der Waals surface area contributed by atoms with Crippen LogP contribution in [-0.4, -0.2) is 15.4 Å². The second kappa shape index (κ2) is 5.74. The number of hydrogen-bond acceptors (Lipinski definition) is 4. The summed E-state index contributed by atoms with van der Waals surface area (Å²) in [6.07, 6.45) is 5.53. The molecule has 1 saturated carbocycles. The van der Waals surface area contributed by atoms with Crippen molar-refractivity contribution in [3.8, 4) is 0 Å². The van der Waals surface area contributed by atoms with Gasteiger partial charge in [0.15, 0.2) is 0 Å². The zero-order chi connectivity index (χ0) is 13.1. The summed E-state index contributed by atoms with van der Waals surface area (Å²) in [7, 11) is 0. The van der Waals surface area contributed by atoms with Gasteiger partial charge in [-0.25, -0.2) is 4.39 Å². The van der Waals surface area contributed by atoms with Gasteiger partial charge >= 0.3 is 0 Å². The van der Waals surface area contributed by atoms with E-state index in [0.29, 0.717) is 22.8 Å². The topological polar surface area (TPSA) is 38.9 Å². The Hall–Kier alpha value is -1.36. The number of hydrogen-bond donors (Lipinski definition) is 0. The summed E-state index contributed by atoms with van der Waals surface area (Å²) < 4.78 is 18.7. The first kappa shape index (κ1) is 12.7. The lowest BCUT2D eigenvalue weighted by atomic mass is 10.1. The highest BCUT2D eigenvalue weighted by Crippen LogP contribution is 2.33. The maximum Gasteiger partial charge on any atom is 0.276 e. The van der Waals surface area contributed by atoms with Crippen molar-refractivity contribution < 1.29 is 8.81 Å². The van der Waals surface area contributed by atoms with E-state index in [1.54, 1.807) is 17.8 Å². The summed E-state index contributed by atoms with van der Waals surface area (Å²) in [4.78, 5) is 0. The fraction of sp³-hybridized carbons (Fsp3) is 0.429. The largest absolute Gasteiger partial charge is 0.416 e. The van der Waals surface area contributed by atoms with E-state index >= 15 is 0 Å². The molecular formula is C14H15FN2OS. The Kier molecular flexibility index (Phi) is 3.82. The Morgan fingerprint density at radius 3 is 2.89 bits per heavy atom. The molecule has 0 atom stereocenters. The van der Waals surface area contributed by atoms with Gasteiger partial charge in [0.05, 0.1) is 6.42 Å². The highest BCUT2D eigenvalue weighted by atomic mass is 32.2. The molecule has 0 bridgehead atoms. The molecule has 0 saturated heterocycles. The first-order valence-electron chi connectivity index (χ1n) is 6.53. The van der Waals surface area contributed by atoms with Gasteiger partial charge in [-0.3, -0.25) is 0 Å². The zero-order valence-corrected chi connectivity index (χ0v) is 11.3. The van der Waals surface area contributed by atoms with Crippen LogP contribution in [0.25, 0.3) is 0 Å². The SMILES string of the molecule is Fc1cccc(Cc2nnc(SC3CCCC3)o2)c1. The Morgan fingerprint density at radius 1 is 1.26 bits per heavy atom. The van der Waals surface area contributed by atoms with Crippen molar-refractivity contribution in [2.45, 2.75) is 42.6 Å². The second-order valence-corrected chi connectivity index (χ2v) is 6.04. The minimum absolute atomic E-state index is 0.238. The van der Waals surface area contributed by atoms with Gasteiger partial charge in [0.25, 0.3) is 5.22 Å². The third kappa shape index (κ3) is 3.35. The van der Waals surface area contributed by atoms with Gasteiger partial charge in [-0.05, 0) is 30.5 Å². The predicted octanol–water partition coefficient (Wildman–Crippen LogP) is 3.83. The molecule has 1 aliphatic rings. The number of halogens is 1. The molecular weight excluding hydrogens is 263 g/mol.